The van der Waals surface area contributed by atoms with Gasteiger partial charge in [0, 0.05) is 17.6 Å². The Balaban J connectivity index is 0.000000481. The van der Waals surface area contributed by atoms with Gasteiger partial charge in [-0.1, -0.05) is 82.3 Å². The number of aryl methyl sites for hydroxylation is 2. The van der Waals surface area contributed by atoms with Gasteiger partial charge in [-0.25, -0.2) is 0 Å². The maximum absolute atomic E-state index is 10.3. The Bertz CT molecular complexity index is 822. The summed E-state index contributed by atoms with van der Waals surface area (Å²) in [5.74, 6) is 1.03. The van der Waals surface area contributed by atoms with Crippen LogP contribution in [-0.4, -0.2) is 26.6 Å². The second kappa shape index (κ2) is 17.0. The lowest BCUT2D eigenvalue weighted by molar-refractivity contribution is -0.105. The number of rotatable bonds is 6. The van der Waals surface area contributed by atoms with Crippen LogP contribution in [0.5, 0.6) is 5.75 Å². The minimum atomic E-state index is 0.696. The molecular formula is C26H38N2O2. The van der Waals surface area contributed by atoms with Crippen LogP contribution in [0, 0.1) is 13.8 Å². The van der Waals surface area contributed by atoms with E-state index in [0.29, 0.717) is 6.41 Å². The van der Waals surface area contributed by atoms with E-state index < -0.39 is 0 Å². The molecule has 0 aliphatic heterocycles. The van der Waals surface area contributed by atoms with Gasteiger partial charge in [-0.2, -0.15) is 0 Å². The molecule has 0 aliphatic rings. The molecule has 0 atom stereocenters. The second-order valence-corrected chi connectivity index (χ2v) is 5.96. The molecule has 0 radical (unpaired) electrons. The third-order valence-electron chi connectivity index (χ3n) is 4.01. The van der Waals surface area contributed by atoms with Crippen LogP contribution in [0.25, 0.3) is 10.8 Å². The first-order valence-corrected chi connectivity index (χ1v) is 10.7. The Labute approximate surface area is 182 Å². The molecule has 3 rings (SSSR count). The van der Waals surface area contributed by atoms with Crippen LogP contribution in [-0.2, 0) is 4.79 Å². The minimum absolute atomic E-state index is 0.696. The lowest BCUT2D eigenvalue weighted by Crippen LogP contribution is -2.16. The fraction of sp³-hybridized carbons (Fsp3) is 0.346. The number of anilines is 1. The van der Waals surface area contributed by atoms with E-state index in [4.69, 9.17) is 4.74 Å². The number of hydrogen-bond donors (Lipinski definition) is 2. The van der Waals surface area contributed by atoms with Crippen LogP contribution < -0.4 is 15.4 Å². The molecule has 0 bridgehead atoms. The van der Waals surface area contributed by atoms with E-state index in [-0.39, 0.29) is 0 Å². The molecule has 3 aromatic carbocycles. The molecule has 0 saturated heterocycles. The number of nitrogens with one attached hydrogen (secondary N) is 2. The molecular weight excluding hydrogens is 372 g/mol. The van der Waals surface area contributed by atoms with Crippen LogP contribution in [0.4, 0.5) is 5.69 Å². The molecule has 0 unspecified atom stereocenters. The number of carbonyl (C=O) groups is 1. The van der Waals surface area contributed by atoms with Gasteiger partial charge in [-0.05, 0) is 43.5 Å². The lowest BCUT2D eigenvalue weighted by atomic mass is 10.1. The first-order chi connectivity index (χ1) is 14.7. The standard InChI is InChI=1S/C11H9NO.C11H17NO.2C2H6/c13-8-12-11-7-3-5-9-4-1-2-6-10(9)11;1-9-5-4-6-10(2)11(9)13-8-7-12-3;2*1-2/h1-8H,(H,12,13);4-6,12H,7-8H2,1-3H3;2*1-2H3. The molecule has 1 amide bonds. The Hall–Kier alpha value is -2.85. The predicted molar refractivity (Wildman–Crippen MR) is 132 cm³/mol. The van der Waals surface area contributed by atoms with Crippen LogP contribution in [0.3, 0.4) is 0 Å². The highest BCUT2D eigenvalue weighted by Gasteiger charge is 2.01. The maximum Gasteiger partial charge on any atom is 0.211 e. The van der Waals surface area contributed by atoms with E-state index >= 15 is 0 Å². The molecule has 164 valence electrons. The maximum atomic E-state index is 10.3. The van der Waals surface area contributed by atoms with Gasteiger partial charge in [0.2, 0.25) is 6.41 Å². The van der Waals surface area contributed by atoms with Gasteiger partial charge >= 0.3 is 0 Å². The van der Waals surface area contributed by atoms with Crippen molar-refractivity contribution in [3.05, 3.63) is 71.8 Å². The fourth-order valence-corrected chi connectivity index (χ4v) is 2.70. The Morgan fingerprint density at radius 1 is 0.833 bits per heavy atom. The summed E-state index contributed by atoms with van der Waals surface area (Å²) in [5, 5.41) is 7.92. The van der Waals surface area contributed by atoms with Crippen molar-refractivity contribution in [2.75, 3.05) is 25.5 Å². The number of amides is 1. The molecule has 0 fully saturated rings. The number of benzene rings is 3. The average Bonchev–Trinajstić information content (AvgIpc) is 2.80. The first-order valence-electron chi connectivity index (χ1n) is 10.7. The van der Waals surface area contributed by atoms with Gasteiger partial charge in [-0.3, -0.25) is 4.79 Å². The molecule has 2 N–H and O–H groups in total. The molecule has 4 heteroatoms. The van der Waals surface area contributed by atoms with Crippen molar-refractivity contribution in [2.45, 2.75) is 41.5 Å². The largest absolute Gasteiger partial charge is 0.492 e. The molecule has 4 nitrogen and oxygen atoms in total. The minimum Gasteiger partial charge on any atom is -0.492 e. The molecule has 3 aromatic rings. The van der Waals surface area contributed by atoms with Crippen molar-refractivity contribution in [2.24, 2.45) is 0 Å². The Morgan fingerprint density at radius 2 is 1.40 bits per heavy atom. The Morgan fingerprint density at radius 3 is 2.00 bits per heavy atom. The summed E-state index contributed by atoms with van der Waals surface area (Å²) in [5.41, 5.74) is 3.26. The van der Waals surface area contributed by atoms with Gasteiger partial charge in [0.05, 0.1) is 0 Å². The van der Waals surface area contributed by atoms with Gasteiger partial charge in [0.25, 0.3) is 0 Å². The lowest BCUT2D eigenvalue weighted by Gasteiger charge is -2.11. The molecule has 0 saturated carbocycles. The summed E-state index contributed by atoms with van der Waals surface area (Å²) >= 11 is 0. The van der Waals surface area contributed by atoms with Crippen molar-refractivity contribution < 1.29 is 9.53 Å². The number of hydrogen-bond acceptors (Lipinski definition) is 3. The van der Waals surface area contributed by atoms with Gasteiger partial charge in [0.1, 0.15) is 12.4 Å². The summed E-state index contributed by atoms with van der Waals surface area (Å²) < 4.78 is 5.65. The summed E-state index contributed by atoms with van der Waals surface area (Å²) in [4.78, 5) is 10.3. The monoisotopic (exact) mass is 410 g/mol. The molecule has 0 aliphatic carbocycles. The number of para-hydroxylation sites is 1. The zero-order valence-electron chi connectivity index (χ0n) is 19.6. The third-order valence-corrected chi connectivity index (χ3v) is 4.01. The van der Waals surface area contributed by atoms with E-state index in [1.54, 1.807) is 0 Å². The van der Waals surface area contributed by atoms with Gasteiger partial charge in [0.15, 0.2) is 0 Å². The number of ether oxygens (including phenoxy) is 1. The van der Waals surface area contributed by atoms with Crippen molar-refractivity contribution in [1.82, 2.24) is 5.32 Å². The first kappa shape index (κ1) is 27.2. The van der Waals surface area contributed by atoms with Gasteiger partial charge < -0.3 is 15.4 Å². The summed E-state index contributed by atoms with van der Waals surface area (Å²) in [6.45, 7) is 13.7. The van der Waals surface area contributed by atoms with E-state index in [1.807, 2.05) is 77.2 Å². The van der Waals surface area contributed by atoms with Crippen LogP contribution in [0.2, 0.25) is 0 Å². The van der Waals surface area contributed by atoms with E-state index in [2.05, 4.69) is 42.7 Å². The average molecular weight is 411 g/mol. The SMILES string of the molecule is CC.CC.CNCCOc1c(C)cccc1C.O=CNc1cccc2ccccc12. The highest BCUT2D eigenvalue weighted by atomic mass is 16.5. The van der Waals surface area contributed by atoms with Crippen molar-refractivity contribution >= 4 is 22.9 Å². The number of carbonyl (C=O) groups excluding carboxylic acids is 1. The quantitative estimate of drug-likeness (QED) is 0.367. The fourth-order valence-electron chi connectivity index (χ4n) is 2.70. The summed E-state index contributed by atoms with van der Waals surface area (Å²) in [7, 11) is 1.92. The third kappa shape index (κ3) is 9.10. The van der Waals surface area contributed by atoms with Crippen LogP contribution in [0.15, 0.2) is 60.7 Å². The van der Waals surface area contributed by atoms with Crippen molar-refractivity contribution in [3.8, 4) is 5.75 Å². The number of likely N-dealkylation sites (N-methyl/N-ethyl adjacent to an activating group) is 1. The van der Waals surface area contributed by atoms with Crippen molar-refractivity contribution in [3.63, 3.8) is 0 Å². The molecule has 0 spiro atoms. The highest BCUT2D eigenvalue weighted by Crippen LogP contribution is 2.22. The summed E-state index contributed by atoms with van der Waals surface area (Å²) in [6.07, 6.45) is 0.696. The highest BCUT2D eigenvalue weighted by molar-refractivity contribution is 5.97. The predicted octanol–water partition coefficient (Wildman–Crippen LogP) is 6.36. The summed E-state index contributed by atoms with van der Waals surface area (Å²) in [6, 6.07) is 20.0. The zero-order valence-corrected chi connectivity index (χ0v) is 19.6. The smallest absolute Gasteiger partial charge is 0.211 e. The topological polar surface area (TPSA) is 50.4 Å². The zero-order chi connectivity index (χ0) is 22.8. The van der Waals surface area contributed by atoms with Gasteiger partial charge in [-0.15, -0.1) is 0 Å². The normalized spacial score (nSPS) is 9.03. The second-order valence-electron chi connectivity index (χ2n) is 5.96. The van der Waals surface area contributed by atoms with E-state index in [1.165, 1.54) is 11.1 Å². The Kier molecular flexibility index (Phi) is 15.4. The van der Waals surface area contributed by atoms with Crippen molar-refractivity contribution in [1.29, 1.82) is 0 Å². The molecule has 0 aromatic heterocycles. The van der Waals surface area contributed by atoms with Crippen LogP contribution in [0.1, 0.15) is 38.8 Å². The molecule has 30 heavy (non-hydrogen) atoms. The van der Waals surface area contributed by atoms with Crippen LogP contribution >= 0.6 is 0 Å². The van der Waals surface area contributed by atoms with E-state index in [9.17, 15) is 4.79 Å². The molecule has 0 heterocycles. The van der Waals surface area contributed by atoms with E-state index in [0.717, 1.165) is 35.4 Å². The number of fused-ring (bicyclic) bond motifs is 1.